The van der Waals surface area contributed by atoms with Gasteiger partial charge in [0.25, 0.3) is 0 Å². The first-order valence-electron chi connectivity index (χ1n) is 6.59. The fourth-order valence-electron chi connectivity index (χ4n) is 2.34. The summed E-state index contributed by atoms with van der Waals surface area (Å²) < 4.78 is 21.0. The Morgan fingerprint density at radius 2 is 2.35 bits per heavy atom. The molecule has 0 radical (unpaired) electrons. The van der Waals surface area contributed by atoms with Crippen molar-refractivity contribution in [1.29, 1.82) is 0 Å². The van der Waals surface area contributed by atoms with Crippen molar-refractivity contribution < 1.29 is 9.13 Å². The fourth-order valence-corrected chi connectivity index (χ4v) is 2.34. The second kappa shape index (κ2) is 5.16. The van der Waals surface area contributed by atoms with Crippen molar-refractivity contribution in [2.24, 2.45) is 0 Å². The van der Waals surface area contributed by atoms with Gasteiger partial charge in [0, 0.05) is 23.4 Å². The van der Waals surface area contributed by atoms with Crippen molar-refractivity contribution in [3.63, 3.8) is 0 Å². The molecule has 1 aliphatic rings. The maximum absolute atomic E-state index is 13.8. The van der Waals surface area contributed by atoms with Crippen molar-refractivity contribution in [3.05, 3.63) is 23.5 Å². The lowest BCUT2D eigenvalue weighted by atomic mass is 10.1. The third-order valence-corrected chi connectivity index (χ3v) is 3.58. The smallest absolute Gasteiger partial charge is 0.182 e. The van der Waals surface area contributed by atoms with Crippen LogP contribution in [0.5, 0.6) is 0 Å². The summed E-state index contributed by atoms with van der Waals surface area (Å²) in [5.74, 6) is 0.151. The van der Waals surface area contributed by atoms with Crippen molar-refractivity contribution in [2.45, 2.75) is 32.4 Å². The lowest BCUT2D eigenvalue weighted by molar-refractivity contribution is 0.0939. The highest BCUT2D eigenvalue weighted by molar-refractivity contribution is 5.63. The molecule has 0 aliphatic carbocycles. The van der Waals surface area contributed by atoms with Gasteiger partial charge in [0.2, 0.25) is 0 Å². The molecule has 0 spiro atoms. The number of rotatable bonds is 3. The number of anilines is 1. The Morgan fingerprint density at radius 1 is 1.50 bits per heavy atom. The Labute approximate surface area is 115 Å². The molecular formula is C13H16FN5O. The summed E-state index contributed by atoms with van der Waals surface area (Å²) in [5, 5.41) is 11.6. The largest absolute Gasteiger partial charge is 0.398 e. The van der Waals surface area contributed by atoms with Crippen molar-refractivity contribution in [2.75, 3.05) is 12.3 Å². The number of tetrazole rings is 1. The van der Waals surface area contributed by atoms with Crippen LogP contribution >= 0.6 is 0 Å². The minimum Gasteiger partial charge on any atom is -0.398 e. The van der Waals surface area contributed by atoms with E-state index in [0.29, 0.717) is 29.2 Å². The molecule has 2 N–H and O–H groups in total. The first kappa shape index (κ1) is 13.0. The van der Waals surface area contributed by atoms with Crippen LogP contribution in [0.1, 0.15) is 18.4 Å². The third kappa shape index (κ3) is 2.36. The van der Waals surface area contributed by atoms with Crippen LogP contribution in [0.3, 0.4) is 0 Å². The van der Waals surface area contributed by atoms with E-state index in [2.05, 4.69) is 15.5 Å². The van der Waals surface area contributed by atoms with E-state index >= 15 is 0 Å². The highest BCUT2D eigenvalue weighted by Gasteiger charge is 2.20. The topological polar surface area (TPSA) is 78.9 Å². The zero-order valence-electron chi connectivity index (χ0n) is 11.2. The number of hydrogen-bond donors (Lipinski definition) is 1. The van der Waals surface area contributed by atoms with Crippen LogP contribution in [0.25, 0.3) is 11.4 Å². The average molecular weight is 277 g/mol. The van der Waals surface area contributed by atoms with E-state index in [4.69, 9.17) is 10.5 Å². The molecule has 2 aromatic rings. The molecular weight excluding hydrogens is 261 g/mol. The van der Waals surface area contributed by atoms with E-state index in [0.717, 1.165) is 19.4 Å². The SMILES string of the molecule is Cc1c(N)cc(-c2nnnn2CC2CCCO2)cc1F. The number of hydrogen-bond acceptors (Lipinski definition) is 5. The van der Waals surface area contributed by atoms with Crippen molar-refractivity contribution in [3.8, 4) is 11.4 Å². The van der Waals surface area contributed by atoms with Gasteiger partial charge in [0.05, 0.1) is 12.6 Å². The first-order chi connectivity index (χ1) is 9.65. The summed E-state index contributed by atoms with van der Waals surface area (Å²) in [4.78, 5) is 0. The van der Waals surface area contributed by atoms with E-state index in [1.807, 2.05) is 0 Å². The fraction of sp³-hybridized carbons (Fsp3) is 0.462. The van der Waals surface area contributed by atoms with Gasteiger partial charge in [-0.05, 0) is 42.3 Å². The monoisotopic (exact) mass is 277 g/mol. The zero-order valence-corrected chi connectivity index (χ0v) is 11.2. The minimum absolute atomic E-state index is 0.116. The molecule has 20 heavy (non-hydrogen) atoms. The summed E-state index contributed by atoms with van der Waals surface area (Å²) >= 11 is 0. The van der Waals surface area contributed by atoms with Gasteiger partial charge in [-0.15, -0.1) is 5.10 Å². The molecule has 1 aromatic carbocycles. The standard InChI is InChI=1S/C13H16FN5O/c1-8-11(14)5-9(6-12(8)15)13-16-17-18-19(13)7-10-3-2-4-20-10/h5-6,10H,2-4,7,15H2,1H3. The maximum Gasteiger partial charge on any atom is 0.182 e. The van der Waals surface area contributed by atoms with Gasteiger partial charge >= 0.3 is 0 Å². The second-order valence-corrected chi connectivity index (χ2v) is 4.99. The molecule has 2 heterocycles. The number of nitrogens with two attached hydrogens (primary N) is 1. The Morgan fingerprint density at radius 3 is 3.05 bits per heavy atom. The van der Waals surface area contributed by atoms with Crippen LogP contribution in [0.2, 0.25) is 0 Å². The number of aromatic nitrogens is 4. The first-order valence-corrected chi connectivity index (χ1v) is 6.59. The Balaban J connectivity index is 1.92. The molecule has 0 amide bonds. The number of nitrogens with zero attached hydrogens (tertiary/aromatic N) is 4. The number of nitrogen functional groups attached to an aromatic ring is 1. The van der Waals surface area contributed by atoms with Gasteiger partial charge in [-0.1, -0.05) is 0 Å². The summed E-state index contributed by atoms with van der Waals surface area (Å²) in [6.45, 7) is 2.98. The molecule has 1 fully saturated rings. The predicted molar refractivity (Wildman–Crippen MR) is 71.3 cm³/mol. The summed E-state index contributed by atoms with van der Waals surface area (Å²) in [7, 11) is 0. The molecule has 1 atom stereocenters. The number of benzene rings is 1. The van der Waals surface area contributed by atoms with Crippen LogP contribution in [-0.2, 0) is 11.3 Å². The van der Waals surface area contributed by atoms with Crippen LogP contribution in [-0.4, -0.2) is 32.9 Å². The van der Waals surface area contributed by atoms with Crippen LogP contribution < -0.4 is 5.73 Å². The van der Waals surface area contributed by atoms with Gasteiger partial charge in [-0.3, -0.25) is 0 Å². The molecule has 6 nitrogen and oxygen atoms in total. The normalized spacial score (nSPS) is 18.6. The lowest BCUT2D eigenvalue weighted by Gasteiger charge is -2.11. The highest BCUT2D eigenvalue weighted by Crippen LogP contribution is 2.25. The summed E-state index contributed by atoms with van der Waals surface area (Å²) in [6, 6.07) is 3.10. The van der Waals surface area contributed by atoms with E-state index < -0.39 is 0 Å². The number of ether oxygens (including phenoxy) is 1. The molecule has 1 aliphatic heterocycles. The predicted octanol–water partition coefficient (Wildman–Crippen LogP) is 1.55. The van der Waals surface area contributed by atoms with Gasteiger partial charge in [0.1, 0.15) is 5.82 Å². The van der Waals surface area contributed by atoms with Gasteiger partial charge < -0.3 is 10.5 Å². The molecule has 1 saturated heterocycles. The van der Waals surface area contributed by atoms with Crippen LogP contribution in [0.15, 0.2) is 12.1 Å². The van der Waals surface area contributed by atoms with Crippen molar-refractivity contribution >= 4 is 5.69 Å². The van der Waals surface area contributed by atoms with Gasteiger partial charge in [-0.25, -0.2) is 9.07 Å². The Kier molecular flexibility index (Phi) is 3.35. The molecule has 1 aromatic heterocycles. The van der Waals surface area contributed by atoms with Gasteiger partial charge in [-0.2, -0.15) is 0 Å². The van der Waals surface area contributed by atoms with E-state index in [-0.39, 0.29) is 11.9 Å². The average Bonchev–Trinajstić information content (AvgIpc) is 3.07. The zero-order chi connectivity index (χ0) is 14.1. The van der Waals surface area contributed by atoms with E-state index in [1.165, 1.54) is 6.07 Å². The maximum atomic E-state index is 13.8. The number of halogens is 1. The summed E-state index contributed by atoms with van der Waals surface area (Å²) in [5.41, 5.74) is 7.21. The van der Waals surface area contributed by atoms with Crippen molar-refractivity contribution in [1.82, 2.24) is 20.2 Å². The second-order valence-electron chi connectivity index (χ2n) is 4.99. The quantitative estimate of drug-likeness (QED) is 0.861. The molecule has 1 unspecified atom stereocenters. The van der Waals surface area contributed by atoms with Crippen LogP contribution in [0.4, 0.5) is 10.1 Å². The Hall–Kier alpha value is -2.02. The lowest BCUT2D eigenvalue weighted by Crippen LogP contribution is -2.17. The molecule has 0 saturated carbocycles. The molecule has 106 valence electrons. The minimum atomic E-state index is -0.355. The van der Waals surface area contributed by atoms with E-state index in [1.54, 1.807) is 17.7 Å². The van der Waals surface area contributed by atoms with Gasteiger partial charge in [0.15, 0.2) is 5.82 Å². The highest BCUT2D eigenvalue weighted by atomic mass is 19.1. The molecule has 3 rings (SSSR count). The molecule has 7 heteroatoms. The molecule has 0 bridgehead atoms. The van der Waals surface area contributed by atoms with Crippen LogP contribution in [0, 0.1) is 12.7 Å². The van der Waals surface area contributed by atoms with E-state index in [9.17, 15) is 4.39 Å². The Bertz CT molecular complexity index is 598. The summed E-state index contributed by atoms with van der Waals surface area (Å²) in [6.07, 6.45) is 2.16. The third-order valence-electron chi connectivity index (χ3n) is 3.58.